The van der Waals surface area contributed by atoms with Gasteiger partial charge in [0.2, 0.25) is 5.95 Å². The van der Waals surface area contributed by atoms with Crippen LogP contribution in [0.2, 0.25) is 0 Å². The second-order valence-corrected chi connectivity index (χ2v) is 4.27. The molecule has 0 atom stereocenters. The Morgan fingerprint density at radius 1 is 1.48 bits per heavy atom. The van der Waals surface area contributed by atoms with Gasteiger partial charge in [0.15, 0.2) is 11.5 Å². The first kappa shape index (κ1) is 14.6. The number of ether oxygens (including phenoxy) is 1. The van der Waals surface area contributed by atoms with Gasteiger partial charge in [0.25, 0.3) is 5.56 Å². The Morgan fingerprint density at radius 2 is 2.29 bits per heavy atom. The van der Waals surface area contributed by atoms with Crippen LogP contribution in [0.4, 0.5) is 5.95 Å². The van der Waals surface area contributed by atoms with E-state index >= 15 is 0 Å². The third kappa shape index (κ3) is 4.07. The molecule has 0 amide bonds. The van der Waals surface area contributed by atoms with E-state index in [1.54, 1.807) is 19.1 Å². The number of hydrazone groups is 1. The second kappa shape index (κ2) is 6.56. The maximum absolute atomic E-state index is 11.3. The number of hydrogen-bond donors (Lipinski definition) is 3. The number of nitrogens with zero attached hydrogens (tertiary/aromatic N) is 2. The minimum Gasteiger partial charge on any atom is -0.504 e. The van der Waals surface area contributed by atoms with Crippen molar-refractivity contribution in [2.45, 2.75) is 13.8 Å². The van der Waals surface area contributed by atoms with E-state index in [1.807, 2.05) is 6.92 Å². The van der Waals surface area contributed by atoms with Crippen LogP contribution in [-0.4, -0.2) is 27.9 Å². The zero-order chi connectivity index (χ0) is 15.2. The summed E-state index contributed by atoms with van der Waals surface area (Å²) < 4.78 is 5.28. The summed E-state index contributed by atoms with van der Waals surface area (Å²) in [5, 5.41) is 13.6. The molecule has 0 unspecified atom stereocenters. The lowest BCUT2D eigenvalue weighted by atomic mass is 10.2. The molecule has 0 aliphatic rings. The average molecular weight is 288 g/mol. The van der Waals surface area contributed by atoms with Crippen molar-refractivity contribution in [1.29, 1.82) is 0 Å². The van der Waals surface area contributed by atoms with Gasteiger partial charge in [-0.2, -0.15) is 5.10 Å². The SMILES string of the molecule is CCOc1cc(C=NNc2nc(C)cc(=O)[nH]2)ccc1O. The molecule has 0 fully saturated rings. The largest absolute Gasteiger partial charge is 0.504 e. The average Bonchev–Trinajstić information content (AvgIpc) is 2.41. The summed E-state index contributed by atoms with van der Waals surface area (Å²) in [4.78, 5) is 17.9. The molecule has 110 valence electrons. The van der Waals surface area contributed by atoms with E-state index in [1.165, 1.54) is 18.3 Å². The molecule has 0 aliphatic carbocycles. The number of aryl methyl sites for hydroxylation is 1. The van der Waals surface area contributed by atoms with Gasteiger partial charge >= 0.3 is 0 Å². The summed E-state index contributed by atoms with van der Waals surface area (Å²) in [6.07, 6.45) is 1.53. The number of nitrogens with one attached hydrogen (secondary N) is 2. The van der Waals surface area contributed by atoms with Gasteiger partial charge in [0.1, 0.15) is 0 Å². The second-order valence-electron chi connectivity index (χ2n) is 4.27. The highest BCUT2D eigenvalue weighted by Gasteiger charge is 2.02. The Morgan fingerprint density at radius 3 is 3.00 bits per heavy atom. The maximum Gasteiger partial charge on any atom is 0.252 e. The molecule has 7 nitrogen and oxygen atoms in total. The van der Waals surface area contributed by atoms with Crippen molar-refractivity contribution in [3.8, 4) is 11.5 Å². The molecular weight excluding hydrogens is 272 g/mol. The molecule has 2 rings (SSSR count). The van der Waals surface area contributed by atoms with Gasteiger partial charge in [-0.25, -0.2) is 10.4 Å². The van der Waals surface area contributed by atoms with Crippen molar-refractivity contribution in [1.82, 2.24) is 9.97 Å². The minimum absolute atomic E-state index is 0.0756. The lowest BCUT2D eigenvalue weighted by Crippen LogP contribution is -2.10. The van der Waals surface area contributed by atoms with E-state index < -0.39 is 0 Å². The Kier molecular flexibility index (Phi) is 4.55. The number of aromatic nitrogens is 2. The van der Waals surface area contributed by atoms with Crippen LogP contribution in [0.5, 0.6) is 11.5 Å². The molecule has 0 spiro atoms. The van der Waals surface area contributed by atoms with Crippen molar-refractivity contribution in [3.05, 3.63) is 45.9 Å². The fraction of sp³-hybridized carbons (Fsp3) is 0.214. The number of aromatic amines is 1. The van der Waals surface area contributed by atoms with Crippen LogP contribution in [0.3, 0.4) is 0 Å². The highest BCUT2D eigenvalue weighted by atomic mass is 16.5. The zero-order valence-electron chi connectivity index (χ0n) is 11.8. The third-order valence-electron chi connectivity index (χ3n) is 2.54. The maximum atomic E-state index is 11.3. The molecule has 21 heavy (non-hydrogen) atoms. The summed E-state index contributed by atoms with van der Waals surface area (Å²) in [6.45, 7) is 4.01. The number of hydrogen-bond acceptors (Lipinski definition) is 6. The van der Waals surface area contributed by atoms with Crippen LogP contribution in [0.25, 0.3) is 0 Å². The molecule has 1 aromatic heterocycles. The molecule has 0 radical (unpaired) electrons. The van der Waals surface area contributed by atoms with E-state index in [9.17, 15) is 9.90 Å². The summed E-state index contributed by atoms with van der Waals surface area (Å²) in [5.74, 6) is 0.732. The normalized spacial score (nSPS) is 10.8. The van der Waals surface area contributed by atoms with Gasteiger partial charge in [-0.15, -0.1) is 0 Å². The van der Waals surface area contributed by atoms with Gasteiger partial charge in [-0.3, -0.25) is 9.78 Å². The van der Waals surface area contributed by atoms with E-state index in [0.717, 1.165) is 5.56 Å². The molecular formula is C14H16N4O3. The van der Waals surface area contributed by atoms with Crippen molar-refractivity contribution in [3.63, 3.8) is 0 Å². The number of aromatic hydroxyl groups is 1. The summed E-state index contributed by atoms with van der Waals surface area (Å²) in [7, 11) is 0. The van der Waals surface area contributed by atoms with E-state index in [0.29, 0.717) is 18.1 Å². The molecule has 0 saturated heterocycles. The number of H-pyrrole nitrogens is 1. The summed E-state index contributed by atoms with van der Waals surface area (Å²) in [6, 6.07) is 6.27. The van der Waals surface area contributed by atoms with Gasteiger partial charge in [0, 0.05) is 11.8 Å². The zero-order valence-corrected chi connectivity index (χ0v) is 11.8. The van der Waals surface area contributed by atoms with Crippen molar-refractivity contribution < 1.29 is 9.84 Å². The van der Waals surface area contributed by atoms with Gasteiger partial charge in [0.05, 0.1) is 12.8 Å². The van der Waals surface area contributed by atoms with Gasteiger partial charge < -0.3 is 9.84 Å². The first-order valence-electron chi connectivity index (χ1n) is 6.41. The quantitative estimate of drug-likeness (QED) is 0.573. The van der Waals surface area contributed by atoms with E-state index in [2.05, 4.69) is 20.5 Å². The lowest BCUT2D eigenvalue weighted by molar-refractivity contribution is 0.318. The first-order chi connectivity index (χ1) is 10.1. The van der Waals surface area contributed by atoms with E-state index in [4.69, 9.17) is 4.74 Å². The summed E-state index contributed by atoms with van der Waals surface area (Å²) in [5.41, 5.74) is 3.73. The highest BCUT2D eigenvalue weighted by Crippen LogP contribution is 2.26. The molecule has 2 aromatic rings. The fourth-order valence-electron chi connectivity index (χ4n) is 1.68. The molecule has 0 bridgehead atoms. The van der Waals surface area contributed by atoms with E-state index in [-0.39, 0.29) is 17.3 Å². The van der Waals surface area contributed by atoms with Crippen LogP contribution in [-0.2, 0) is 0 Å². The topological polar surface area (TPSA) is 99.6 Å². The van der Waals surface area contributed by atoms with Crippen molar-refractivity contribution in [2.75, 3.05) is 12.0 Å². The fourth-order valence-corrected chi connectivity index (χ4v) is 1.68. The minimum atomic E-state index is -0.247. The standard InChI is InChI=1S/C14H16N4O3/c1-3-21-12-7-10(4-5-11(12)19)8-15-18-14-16-9(2)6-13(20)17-14/h4-8,19H,3H2,1-2H3,(H2,16,17,18,20). The Balaban J connectivity index is 2.10. The predicted octanol–water partition coefficient (Wildman–Crippen LogP) is 1.63. The number of anilines is 1. The number of rotatable bonds is 5. The van der Waals surface area contributed by atoms with Crippen LogP contribution < -0.4 is 15.7 Å². The third-order valence-corrected chi connectivity index (χ3v) is 2.54. The molecule has 1 aromatic carbocycles. The van der Waals surface area contributed by atoms with Crippen molar-refractivity contribution in [2.24, 2.45) is 5.10 Å². The number of benzene rings is 1. The predicted molar refractivity (Wildman–Crippen MR) is 80.1 cm³/mol. The Hall–Kier alpha value is -2.83. The van der Waals surface area contributed by atoms with Crippen LogP contribution in [0.15, 0.2) is 34.2 Å². The van der Waals surface area contributed by atoms with Crippen LogP contribution in [0, 0.1) is 6.92 Å². The molecule has 1 heterocycles. The van der Waals surface area contributed by atoms with Gasteiger partial charge in [-0.1, -0.05) is 0 Å². The van der Waals surface area contributed by atoms with Crippen LogP contribution >= 0.6 is 0 Å². The molecule has 0 aliphatic heterocycles. The molecule has 7 heteroatoms. The van der Waals surface area contributed by atoms with Gasteiger partial charge in [-0.05, 0) is 37.6 Å². The Bertz CT molecular complexity index is 710. The molecule has 3 N–H and O–H groups in total. The number of phenols is 1. The first-order valence-corrected chi connectivity index (χ1v) is 6.41. The highest BCUT2D eigenvalue weighted by molar-refractivity contribution is 5.81. The number of phenolic OH excluding ortho intramolecular Hbond substituents is 1. The smallest absolute Gasteiger partial charge is 0.252 e. The van der Waals surface area contributed by atoms with Crippen LogP contribution in [0.1, 0.15) is 18.2 Å². The monoisotopic (exact) mass is 288 g/mol. The van der Waals surface area contributed by atoms with Crippen molar-refractivity contribution >= 4 is 12.2 Å². The molecule has 0 saturated carbocycles. The lowest BCUT2D eigenvalue weighted by Gasteiger charge is -2.06. The Labute approximate surface area is 121 Å². The summed E-state index contributed by atoms with van der Waals surface area (Å²) >= 11 is 0.